The van der Waals surface area contributed by atoms with Crippen molar-refractivity contribution >= 4 is 29.1 Å². The molecule has 1 heterocycles. The molecule has 5 nitrogen and oxygen atoms in total. The molecule has 130 valence electrons. The van der Waals surface area contributed by atoms with Gasteiger partial charge >= 0.3 is 0 Å². The van der Waals surface area contributed by atoms with E-state index in [1.54, 1.807) is 36.3 Å². The number of nitrogens with zero attached hydrogens (tertiary/aromatic N) is 1. The van der Waals surface area contributed by atoms with Crippen molar-refractivity contribution in [3.63, 3.8) is 0 Å². The molecule has 1 fully saturated rings. The highest BCUT2D eigenvalue weighted by Crippen LogP contribution is 2.25. The molecule has 0 unspecified atom stereocenters. The number of carbonyl (C=O) groups is 2. The molecule has 1 N–H and O–H groups in total. The quantitative estimate of drug-likeness (QED) is 0.909. The van der Waals surface area contributed by atoms with Gasteiger partial charge < -0.3 is 15.0 Å². The van der Waals surface area contributed by atoms with Crippen LogP contribution in [0.2, 0.25) is 5.02 Å². The molecule has 25 heavy (non-hydrogen) atoms. The number of amides is 2. The number of carbonyl (C=O) groups excluding carboxylic acids is 2. The molecule has 2 amide bonds. The summed E-state index contributed by atoms with van der Waals surface area (Å²) < 4.78 is 18.9. The van der Waals surface area contributed by atoms with Crippen LogP contribution in [0.1, 0.15) is 16.8 Å². The van der Waals surface area contributed by atoms with Gasteiger partial charge in [-0.15, -0.1) is 0 Å². The average Bonchev–Trinajstić information content (AvgIpc) is 2.95. The van der Waals surface area contributed by atoms with Gasteiger partial charge in [0.1, 0.15) is 11.6 Å². The number of hydrogen-bond acceptors (Lipinski definition) is 3. The third-order valence-electron chi connectivity index (χ3n) is 4.03. The summed E-state index contributed by atoms with van der Waals surface area (Å²) in [7, 11) is 1.56. The molecule has 0 aromatic heterocycles. The van der Waals surface area contributed by atoms with Crippen LogP contribution in [0.25, 0.3) is 0 Å². The second-order valence-electron chi connectivity index (χ2n) is 5.67. The molecule has 7 heteroatoms. The maximum atomic E-state index is 13.8. The van der Waals surface area contributed by atoms with Crippen molar-refractivity contribution < 1.29 is 18.7 Å². The van der Waals surface area contributed by atoms with E-state index in [9.17, 15) is 14.0 Å². The van der Waals surface area contributed by atoms with Gasteiger partial charge in [-0.1, -0.05) is 17.7 Å². The van der Waals surface area contributed by atoms with E-state index in [4.69, 9.17) is 16.3 Å². The minimum atomic E-state index is -0.693. The predicted molar refractivity (Wildman–Crippen MR) is 92.6 cm³/mol. The van der Waals surface area contributed by atoms with Gasteiger partial charge in [-0.25, -0.2) is 4.39 Å². The molecule has 0 radical (unpaired) electrons. The van der Waals surface area contributed by atoms with Crippen LogP contribution < -0.4 is 15.0 Å². The second-order valence-corrected chi connectivity index (χ2v) is 6.08. The lowest BCUT2D eigenvalue weighted by molar-refractivity contribution is -0.117. The van der Waals surface area contributed by atoms with Crippen LogP contribution in [0, 0.1) is 5.82 Å². The van der Waals surface area contributed by atoms with Crippen molar-refractivity contribution in [2.24, 2.45) is 0 Å². The van der Waals surface area contributed by atoms with Gasteiger partial charge in [0.25, 0.3) is 5.91 Å². The standard InChI is InChI=1S/C18H16ClFN2O3/c1-25-13-7-5-12(6-8-13)22-10-11(9-16(22)23)21-18(24)17-14(19)3-2-4-15(17)20/h2-8,11H,9-10H2,1H3,(H,21,24)/t11-/m1/s1. The van der Waals surface area contributed by atoms with Crippen molar-refractivity contribution in [3.8, 4) is 5.75 Å². The van der Waals surface area contributed by atoms with E-state index < -0.39 is 17.8 Å². The van der Waals surface area contributed by atoms with Crippen LogP contribution in [-0.2, 0) is 4.79 Å². The number of hydrogen-bond donors (Lipinski definition) is 1. The van der Waals surface area contributed by atoms with Gasteiger partial charge in [0.05, 0.1) is 23.7 Å². The number of rotatable bonds is 4. The fourth-order valence-corrected chi connectivity index (χ4v) is 3.04. The van der Waals surface area contributed by atoms with Gasteiger partial charge in [0.15, 0.2) is 0 Å². The summed E-state index contributed by atoms with van der Waals surface area (Å²) in [5, 5.41) is 2.71. The SMILES string of the molecule is COc1ccc(N2C[C@H](NC(=O)c3c(F)cccc3Cl)CC2=O)cc1. The van der Waals surface area contributed by atoms with E-state index in [0.717, 1.165) is 0 Å². The first kappa shape index (κ1) is 17.2. The van der Waals surface area contributed by atoms with E-state index >= 15 is 0 Å². The lowest BCUT2D eigenvalue weighted by Crippen LogP contribution is -2.37. The Kier molecular flexibility index (Phi) is 4.90. The molecule has 1 saturated heterocycles. The van der Waals surface area contributed by atoms with Crippen molar-refractivity contribution in [1.82, 2.24) is 5.32 Å². The first-order valence-electron chi connectivity index (χ1n) is 7.69. The molecule has 0 spiro atoms. The first-order chi connectivity index (χ1) is 12.0. The average molecular weight is 363 g/mol. The Bertz CT molecular complexity index is 790. The topological polar surface area (TPSA) is 58.6 Å². The predicted octanol–water partition coefficient (Wildman–Crippen LogP) is 3.02. The Balaban J connectivity index is 1.71. The normalized spacial score (nSPS) is 16.8. The molecule has 0 bridgehead atoms. The fraction of sp³-hybridized carbons (Fsp3) is 0.222. The summed E-state index contributed by atoms with van der Waals surface area (Å²) in [4.78, 5) is 26.1. The van der Waals surface area contributed by atoms with Gasteiger partial charge in [0, 0.05) is 18.7 Å². The number of ether oxygens (including phenoxy) is 1. The number of benzene rings is 2. The smallest absolute Gasteiger partial charge is 0.256 e. The minimum absolute atomic E-state index is 0.0360. The third kappa shape index (κ3) is 3.58. The molecule has 0 saturated carbocycles. The Morgan fingerprint density at radius 3 is 2.64 bits per heavy atom. The van der Waals surface area contributed by atoms with Crippen molar-refractivity contribution in [3.05, 3.63) is 58.9 Å². The summed E-state index contributed by atoms with van der Waals surface area (Å²) >= 11 is 5.90. The van der Waals surface area contributed by atoms with Gasteiger partial charge in [-0.05, 0) is 36.4 Å². The molecule has 1 atom stereocenters. The lowest BCUT2D eigenvalue weighted by Gasteiger charge is -2.18. The second kappa shape index (κ2) is 7.11. The number of anilines is 1. The highest BCUT2D eigenvalue weighted by atomic mass is 35.5. The highest BCUT2D eigenvalue weighted by molar-refractivity contribution is 6.33. The Morgan fingerprint density at radius 2 is 2.00 bits per heavy atom. The van der Waals surface area contributed by atoms with Crippen LogP contribution in [-0.4, -0.2) is 31.5 Å². The summed E-state index contributed by atoms with van der Waals surface area (Å²) in [6.45, 7) is 0.309. The molecule has 1 aliphatic rings. The summed E-state index contributed by atoms with van der Waals surface area (Å²) in [6, 6.07) is 10.7. The van der Waals surface area contributed by atoms with Crippen molar-refractivity contribution in [2.45, 2.75) is 12.5 Å². The zero-order valence-corrected chi connectivity index (χ0v) is 14.2. The molecule has 1 aliphatic heterocycles. The fourth-order valence-electron chi connectivity index (χ4n) is 2.79. The molecule has 2 aromatic rings. The van der Waals surface area contributed by atoms with Gasteiger partial charge in [-0.3, -0.25) is 9.59 Å². The zero-order chi connectivity index (χ0) is 18.0. The Labute approximate surface area is 149 Å². The Morgan fingerprint density at radius 1 is 1.28 bits per heavy atom. The number of methoxy groups -OCH3 is 1. The third-order valence-corrected chi connectivity index (χ3v) is 4.35. The van der Waals surface area contributed by atoms with Crippen molar-refractivity contribution in [2.75, 3.05) is 18.6 Å². The maximum absolute atomic E-state index is 13.8. The molecule has 2 aromatic carbocycles. The van der Waals surface area contributed by atoms with E-state index in [-0.39, 0.29) is 22.9 Å². The molecular weight excluding hydrogens is 347 g/mol. The Hall–Kier alpha value is -2.60. The van der Waals surface area contributed by atoms with Crippen LogP contribution in [0.5, 0.6) is 5.75 Å². The van der Waals surface area contributed by atoms with E-state index in [1.165, 1.54) is 18.2 Å². The van der Waals surface area contributed by atoms with Crippen LogP contribution in [0.15, 0.2) is 42.5 Å². The van der Waals surface area contributed by atoms with Gasteiger partial charge in [-0.2, -0.15) is 0 Å². The van der Waals surface area contributed by atoms with Crippen LogP contribution >= 0.6 is 11.6 Å². The monoisotopic (exact) mass is 362 g/mol. The summed E-state index contributed by atoms with van der Waals surface area (Å²) in [5.74, 6) is -0.747. The molecule has 0 aliphatic carbocycles. The van der Waals surface area contributed by atoms with E-state index in [0.29, 0.717) is 18.0 Å². The lowest BCUT2D eigenvalue weighted by atomic mass is 10.1. The van der Waals surface area contributed by atoms with Crippen molar-refractivity contribution in [1.29, 1.82) is 0 Å². The summed E-state index contributed by atoms with van der Waals surface area (Å²) in [5.41, 5.74) is 0.506. The number of nitrogens with one attached hydrogen (secondary N) is 1. The van der Waals surface area contributed by atoms with Crippen LogP contribution in [0.3, 0.4) is 0 Å². The maximum Gasteiger partial charge on any atom is 0.256 e. The van der Waals surface area contributed by atoms with Crippen LogP contribution in [0.4, 0.5) is 10.1 Å². The number of halogens is 2. The minimum Gasteiger partial charge on any atom is -0.497 e. The molecule has 3 rings (SSSR count). The van der Waals surface area contributed by atoms with Gasteiger partial charge in [0.2, 0.25) is 5.91 Å². The zero-order valence-electron chi connectivity index (χ0n) is 13.5. The first-order valence-corrected chi connectivity index (χ1v) is 8.06. The van der Waals surface area contributed by atoms with E-state index in [2.05, 4.69) is 5.32 Å². The van der Waals surface area contributed by atoms with E-state index in [1.807, 2.05) is 0 Å². The molecular formula is C18H16ClFN2O3. The highest BCUT2D eigenvalue weighted by Gasteiger charge is 2.32. The largest absolute Gasteiger partial charge is 0.497 e. The summed E-state index contributed by atoms with van der Waals surface area (Å²) in [6.07, 6.45) is 0.143.